The highest BCUT2D eigenvalue weighted by atomic mass is 19.4. The average molecular weight is 244 g/mol. The molecule has 0 amide bonds. The Hall–Kier alpha value is -1.23. The molecular weight excluding hydrogens is 229 g/mol. The molecule has 0 saturated carbocycles. The topological polar surface area (TPSA) is 24.1 Å². The number of benzene rings is 1. The zero-order chi connectivity index (χ0) is 12.3. The quantitative estimate of drug-likeness (QED) is 0.854. The molecule has 1 aliphatic heterocycles. The fraction of sp³-hybridized carbons (Fsp3) is 0.500. The highest BCUT2D eigenvalue weighted by Crippen LogP contribution is 2.30. The van der Waals surface area contributed by atoms with E-state index in [0.29, 0.717) is 6.54 Å². The van der Waals surface area contributed by atoms with E-state index in [1.165, 1.54) is 0 Å². The maximum absolute atomic E-state index is 12.0. The average Bonchev–Trinajstić information content (AvgIpc) is 2.28. The van der Waals surface area contributed by atoms with Crippen molar-refractivity contribution in [2.75, 3.05) is 25.0 Å². The van der Waals surface area contributed by atoms with Crippen molar-refractivity contribution in [3.05, 3.63) is 29.8 Å². The highest BCUT2D eigenvalue weighted by Gasteiger charge is 2.27. The minimum absolute atomic E-state index is 0.162. The highest BCUT2D eigenvalue weighted by molar-refractivity contribution is 5.54. The van der Waals surface area contributed by atoms with Crippen molar-refractivity contribution < 1.29 is 13.2 Å². The summed E-state index contributed by atoms with van der Waals surface area (Å²) in [6.45, 7) is 0.271. The van der Waals surface area contributed by atoms with Crippen LogP contribution in [0.1, 0.15) is 17.9 Å². The number of hydrogen-bond donors (Lipinski definition) is 2. The van der Waals surface area contributed by atoms with Gasteiger partial charge in [0.15, 0.2) is 0 Å². The molecule has 0 radical (unpaired) electrons. The summed E-state index contributed by atoms with van der Waals surface area (Å²) in [7, 11) is 0. The van der Waals surface area contributed by atoms with Gasteiger partial charge in [-0.1, -0.05) is 18.2 Å². The van der Waals surface area contributed by atoms with Gasteiger partial charge in [0.2, 0.25) is 0 Å². The SMILES string of the molecule is FC(F)(F)CNCC1CCNc2ccccc21. The number of nitrogens with one attached hydrogen (secondary N) is 2. The Labute approximate surface area is 98.2 Å². The molecule has 1 aromatic carbocycles. The Morgan fingerprint density at radius 2 is 2.06 bits per heavy atom. The monoisotopic (exact) mass is 244 g/mol. The number of para-hydroxylation sites is 1. The van der Waals surface area contributed by atoms with Crippen LogP contribution in [-0.2, 0) is 0 Å². The first kappa shape index (κ1) is 12.2. The molecule has 0 spiro atoms. The Balaban J connectivity index is 1.95. The molecule has 0 bridgehead atoms. The summed E-state index contributed by atoms with van der Waals surface area (Å²) >= 11 is 0. The van der Waals surface area contributed by atoms with Crippen molar-refractivity contribution in [2.24, 2.45) is 0 Å². The largest absolute Gasteiger partial charge is 0.401 e. The molecule has 1 aliphatic rings. The summed E-state index contributed by atoms with van der Waals surface area (Å²) in [5.74, 6) is 0.162. The van der Waals surface area contributed by atoms with E-state index in [4.69, 9.17) is 0 Å². The fourth-order valence-electron chi connectivity index (χ4n) is 2.15. The molecule has 2 rings (SSSR count). The predicted octanol–water partition coefficient (Wildman–Crippen LogP) is 2.74. The van der Waals surface area contributed by atoms with Crippen LogP contribution in [-0.4, -0.2) is 25.8 Å². The molecule has 94 valence electrons. The smallest absolute Gasteiger partial charge is 0.385 e. The Bertz CT molecular complexity index is 376. The van der Waals surface area contributed by atoms with E-state index >= 15 is 0 Å². The van der Waals surface area contributed by atoms with Gasteiger partial charge in [0.25, 0.3) is 0 Å². The van der Waals surface area contributed by atoms with Gasteiger partial charge in [0, 0.05) is 24.7 Å². The lowest BCUT2D eigenvalue weighted by Gasteiger charge is -2.27. The van der Waals surface area contributed by atoms with Crippen molar-refractivity contribution in [3.8, 4) is 0 Å². The van der Waals surface area contributed by atoms with Crippen LogP contribution >= 0.6 is 0 Å². The van der Waals surface area contributed by atoms with Crippen LogP contribution in [0.15, 0.2) is 24.3 Å². The maximum atomic E-state index is 12.0. The van der Waals surface area contributed by atoms with Crippen LogP contribution in [0.25, 0.3) is 0 Å². The molecule has 5 heteroatoms. The first-order valence-electron chi connectivity index (χ1n) is 5.66. The second kappa shape index (κ2) is 4.96. The lowest BCUT2D eigenvalue weighted by molar-refractivity contribution is -0.124. The third kappa shape index (κ3) is 3.36. The standard InChI is InChI=1S/C12H15F3N2/c13-12(14,15)8-16-7-9-5-6-17-11-4-2-1-3-10(9)11/h1-4,9,16-17H,5-8H2. The molecule has 0 aromatic heterocycles. The zero-order valence-corrected chi connectivity index (χ0v) is 9.35. The van der Waals surface area contributed by atoms with Gasteiger partial charge >= 0.3 is 6.18 Å². The van der Waals surface area contributed by atoms with Crippen LogP contribution in [0.2, 0.25) is 0 Å². The molecular formula is C12H15F3N2. The molecule has 1 aromatic rings. The first-order valence-corrected chi connectivity index (χ1v) is 5.66. The van der Waals surface area contributed by atoms with Crippen molar-refractivity contribution >= 4 is 5.69 Å². The zero-order valence-electron chi connectivity index (χ0n) is 9.35. The minimum Gasteiger partial charge on any atom is -0.385 e. The van der Waals surface area contributed by atoms with E-state index in [1.807, 2.05) is 24.3 Å². The maximum Gasteiger partial charge on any atom is 0.401 e. The Morgan fingerprint density at radius 3 is 2.82 bits per heavy atom. The van der Waals surface area contributed by atoms with E-state index < -0.39 is 12.7 Å². The van der Waals surface area contributed by atoms with Gasteiger partial charge in [-0.25, -0.2) is 0 Å². The summed E-state index contributed by atoms with van der Waals surface area (Å²) in [4.78, 5) is 0. The third-order valence-electron chi connectivity index (χ3n) is 2.93. The second-order valence-corrected chi connectivity index (χ2v) is 4.25. The van der Waals surface area contributed by atoms with E-state index in [2.05, 4.69) is 10.6 Å². The number of hydrogen-bond acceptors (Lipinski definition) is 2. The van der Waals surface area contributed by atoms with E-state index in [-0.39, 0.29) is 5.92 Å². The first-order chi connectivity index (χ1) is 8.06. The number of fused-ring (bicyclic) bond motifs is 1. The van der Waals surface area contributed by atoms with Gasteiger partial charge in [0.1, 0.15) is 0 Å². The van der Waals surface area contributed by atoms with Gasteiger partial charge in [-0.3, -0.25) is 0 Å². The normalized spacial score (nSPS) is 19.6. The van der Waals surface area contributed by atoms with Crippen LogP contribution in [0.4, 0.5) is 18.9 Å². The van der Waals surface area contributed by atoms with Crippen LogP contribution in [0.3, 0.4) is 0 Å². The molecule has 0 fully saturated rings. The molecule has 1 heterocycles. The second-order valence-electron chi connectivity index (χ2n) is 4.25. The van der Waals surface area contributed by atoms with Gasteiger partial charge in [-0.15, -0.1) is 0 Å². The number of anilines is 1. The molecule has 2 nitrogen and oxygen atoms in total. The molecule has 1 unspecified atom stereocenters. The Morgan fingerprint density at radius 1 is 1.29 bits per heavy atom. The lowest BCUT2D eigenvalue weighted by Crippen LogP contribution is -2.33. The minimum atomic E-state index is -4.13. The summed E-state index contributed by atoms with van der Waals surface area (Å²) in [6.07, 6.45) is -3.27. The van der Waals surface area contributed by atoms with Gasteiger partial charge in [-0.2, -0.15) is 13.2 Å². The van der Waals surface area contributed by atoms with E-state index in [9.17, 15) is 13.2 Å². The van der Waals surface area contributed by atoms with Crippen LogP contribution in [0, 0.1) is 0 Å². The summed E-state index contributed by atoms with van der Waals surface area (Å²) < 4.78 is 36.1. The lowest BCUT2D eigenvalue weighted by atomic mass is 9.91. The Kier molecular flexibility index (Phi) is 3.57. The summed E-state index contributed by atoms with van der Waals surface area (Å²) in [5.41, 5.74) is 2.14. The van der Waals surface area contributed by atoms with Crippen molar-refractivity contribution in [2.45, 2.75) is 18.5 Å². The van der Waals surface area contributed by atoms with E-state index in [1.54, 1.807) is 0 Å². The van der Waals surface area contributed by atoms with Crippen molar-refractivity contribution in [1.82, 2.24) is 5.32 Å². The number of halogens is 3. The number of rotatable bonds is 3. The molecule has 2 N–H and O–H groups in total. The third-order valence-corrected chi connectivity index (χ3v) is 2.93. The van der Waals surface area contributed by atoms with Crippen molar-refractivity contribution in [3.63, 3.8) is 0 Å². The van der Waals surface area contributed by atoms with Crippen molar-refractivity contribution in [1.29, 1.82) is 0 Å². The molecule has 1 atom stereocenters. The van der Waals surface area contributed by atoms with Crippen LogP contribution < -0.4 is 10.6 Å². The van der Waals surface area contributed by atoms with Gasteiger partial charge in [0.05, 0.1) is 6.54 Å². The fourth-order valence-corrected chi connectivity index (χ4v) is 2.15. The molecule has 0 saturated heterocycles. The molecule has 0 aliphatic carbocycles. The summed E-state index contributed by atoms with van der Waals surface area (Å²) in [5, 5.41) is 5.73. The number of alkyl halides is 3. The van der Waals surface area contributed by atoms with Gasteiger partial charge < -0.3 is 10.6 Å². The van der Waals surface area contributed by atoms with Gasteiger partial charge in [-0.05, 0) is 18.1 Å². The predicted molar refractivity (Wildman–Crippen MR) is 61.2 cm³/mol. The molecule has 17 heavy (non-hydrogen) atoms. The van der Waals surface area contributed by atoms with E-state index in [0.717, 1.165) is 24.2 Å². The summed E-state index contributed by atoms with van der Waals surface area (Å²) in [6, 6.07) is 7.78. The van der Waals surface area contributed by atoms with Crippen LogP contribution in [0.5, 0.6) is 0 Å².